The van der Waals surface area contributed by atoms with Crippen molar-refractivity contribution in [1.82, 2.24) is 9.62 Å². The summed E-state index contributed by atoms with van der Waals surface area (Å²) in [5, 5.41) is 9.87. The molecule has 2 aliphatic carbocycles. The van der Waals surface area contributed by atoms with Gasteiger partial charge in [0.25, 0.3) is 5.91 Å². The molecule has 0 radical (unpaired) electrons. The largest absolute Gasteiger partial charge is 0.490 e. The van der Waals surface area contributed by atoms with E-state index in [2.05, 4.69) is 33.6 Å². The highest BCUT2D eigenvalue weighted by molar-refractivity contribution is 7.90. The van der Waals surface area contributed by atoms with Crippen molar-refractivity contribution in [2.45, 2.75) is 101 Å². The Kier molecular flexibility index (Phi) is 9.86. The van der Waals surface area contributed by atoms with E-state index in [9.17, 15) is 18.3 Å². The molecular formula is C40H54ClN3O7S. The summed E-state index contributed by atoms with van der Waals surface area (Å²) in [5.41, 5.74) is 3.33. The highest BCUT2D eigenvalue weighted by Gasteiger charge is 2.52. The SMILES string of the molecule is C[C@@H]1[C@@H](C)CCC[C@@H](C2OCC(N3CC(O)C3)CO2)[C@@H]2CCC2(C)CN2C[C@@]3(CCCc4cc(Cl)ccc43)COc3ccc(cc32)C(=O)NS1(=O)=O. The molecular weight excluding hydrogens is 702 g/mol. The summed E-state index contributed by atoms with van der Waals surface area (Å²) in [7, 11) is -3.93. The quantitative estimate of drug-likeness (QED) is 0.408. The topological polar surface area (TPSA) is 118 Å². The summed E-state index contributed by atoms with van der Waals surface area (Å²) in [5.74, 6) is 0.418. The first kappa shape index (κ1) is 36.6. The molecule has 1 unspecified atom stereocenters. The van der Waals surface area contributed by atoms with E-state index in [0.717, 1.165) is 62.2 Å². The number of β-amino-alcohol motifs (C(OH)–C–C–N with tert-alkyl or cyclic N) is 1. The van der Waals surface area contributed by atoms with Crippen molar-refractivity contribution >= 4 is 33.2 Å². The fourth-order valence-electron chi connectivity index (χ4n) is 10.2. The Balaban J connectivity index is 1.16. The number of rotatable bonds is 2. The number of carbonyl (C=O) groups excluding carboxylic acids is 1. The van der Waals surface area contributed by atoms with Crippen molar-refractivity contribution in [3.05, 3.63) is 58.1 Å². The van der Waals surface area contributed by atoms with E-state index in [4.69, 9.17) is 25.8 Å². The van der Waals surface area contributed by atoms with Crippen LogP contribution in [0.2, 0.25) is 5.02 Å². The van der Waals surface area contributed by atoms with Gasteiger partial charge in [-0.05, 0) is 111 Å². The molecule has 1 amide bonds. The van der Waals surface area contributed by atoms with Crippen LogP contribution in [0.4, 0.5) is 5.69 Å². The maximum absolute atomic E-state index is 13.6. The third kappa shape index (κ3) is 6.76. The summed E-state index contributed by atoms with van der Waals surface area (Å²) in [6, 6.07) is 11.8. The predicted octanol–water partition coefficient (Wildman–Crippen LogP) is 5.53. The van der Waals surface area contributed by atoms with Gasteiger partial charge < -0.3 is 24.2 Å². The molecule has 10 nitrogen and oxygen atoms in total. The number of fused-ring (bicyclic) bond motifs is 4. The van der Waals surface area contributed by atoms with Crippen LogP contribution in [-0.2, 0) is 31.3 Å². The van der Waals surface area contributed by atoms with Crippen LogP contribution in [0.15, 0.2) is 36.4 Å². The monoisotopic (exact) mass is 755 g/mol. The molecule has 8 rings (SSSR count). The van der Waals surface area contributed by atoms with Crippen molar-refractivity contribution in [1.29, 1.82) is 0 Å². The Morgan fingerprint density at radius 2 is 1.77 bits per heavy atom. The number of nitrogens with one attached hydrogen (secondary N) is 1. The molecule has 3 fully saturated rings. The molecule has 2 bridgehead atoms. The van der Waals surface area contributed by atoms with Crippen LogP contribution in [0, 0.1) is 23.2 Å². The molecule has 0 aromatic heterocycles. The van der Waals surface area contributed by atoms with Gasteiger partial charge >= 0.3 is 0 Å². The van der Waals surface area contributed by atoms with E-state index in [1.807, 2.05) is 25.1 Å². The first-order valence-corrected chi connectivity index (χ1v) is 21.3. The molecule has 4 heterocycles. The number of ether oxygens (including phenoxy) is 3. The van der Waals surface area contributed by atoms with E-state index in [0.29, 0.717) is 63.1 Å². The van der Waals surface area contributed by atoms with E-state index in [1.54, 1.807) is 13.0 Å². The summed E-state index contributed by atoms with van der Waals surface area (Å²) in [6.45, 7) is 10.5. The van der Waals surface area contributed by atoms with Gasteiger partial charge in [-0.15, -0.1) is 0 Å². The van der Waals surface area contributed by atoms with Gasteiger partial charge in [0.05, 0.1) is 42.9 Å². The van der Waals surface area contributed by atoms with Crippen LogP contribution < -0.4 is 14.4 Å². The average molecular weight is 756 g/mol. The van der Waals surface area contributed by atoms with Crippen LogP contribution in [0.1, 0.15) is 87.2 Å². The predicted molar refractivity (Wildman–Crippen MR) is 200 cm³/mol. The molecule has 2 aromatic rings. The van der Waals surface area contributed by atoms with Gasteiger partial charge in [0.15, 0.2) is 6.29 Å². The summed E-state index contributed by atoms with van der Waals surface area (Å²) in [4.78, 5) is 18.3. The first-order valence-electron chi connectivity index (χ1n) is 19.4. The molecule has 4 aliphatic heterocycles. The number of nitrogens with zero attached hydrogens (tertiary/aromatic N) is 2. The van der Waals surface area contributed by atoms with Crippen molar-refractivity contribution in [2.24, 2.45) is 23.2 Å². The molecule has 1 saturated carbocycles. The summed E-state index contributed by atoms with van der Waals surface area (Å²) < 4.78 is 49.4. The minimum Gasteiger partial charge on any atom is -0.490 e. The third-order valence-electron chi connectivity index (χ3n) is 13.7. The van der Waals surface area contributed by atoms with Gasteiger partial charge in [0.2, 0.25) is 10.0 Å². The van der Waals surface area contributed by atoms with E-state index in [-0.39, 0.29) is 41.1 Å². The van der Waals surface area contributed by atoms with Gasteiger partial charge in [0, 0.05) is 48.1 Å². The number of hydrogen-bond donors (Lipinski definition) is 2. The number of aliphatic hydroxyl groups excluding tert-OH is 1. The van der Waals surface area contributed by atoms with Crippen LogP contribution in [0.5, 0.6) is 5.75 Å². The second-order valence-electron chi connectivity index (χ2n) is 17.1. The second-order valence-corrected chi connectivity index (χ2v) is 19.6. The van der Waals surface area contributed by atoms with Crippen molar-refractivity contribution in [3.63, 3.8) is 0 Å². The zero-order valence-corrected chi connectivity index (χ0v) is 32.3. The van der Waals surface area contributed by atoms with Gasteiger partial charge in [-0.25, -0.2) is 13.1 Å². The smallest absolute Gasteiger partial charge is 0.264 e. The Morgan fingerprint density at radius 3 is 2.50 bits per heavy atom. The minimum absolute atomic E-state index is 0.0618. The summed E-state index contributed by atoms with van der Waals surface area (Å²) >= 11 is 6.50. The minimum atomic E-state index is -3.93. The van der Waals surface area contributed by atoms with Crippen LogP contribution in [0.25, 0.3) is 0 Å². The van der Waals surface area contributed by atoms with Gasteiger partial charge in [-0.3, -0.25) is 9.69 Å². The number of amides is 1. The molecule has 12 heteroatoms. The Bertz CT molecular complexity index is 1780. The van der Waals surface area contributed by atoms with Crippen molar-refractivity contribution in [3.8, 4) is 5.75 Å². The number of sulfonamides is 1. The lowest BCUT2D eigenvalue weighted by atomic mass is 9.55. The number of hydrogen-bond acceptors (Lipinski definition) is 9. The first-order chi connectivity index (χ1) is 24.8. The highest BCUT2D eigenvalue weighted by Crippen LogP contribution is 2.55. The molecule has 2 saturated heterocycles. The van der Waals surface area contributed by atoms with Gasteiger partial charge in [0.1, 0.15) is 5.75 Å². The lowest BCUT2D eigenvalue weighted by molar-refractivity contribution is -0.255. The number of anilines is 1. The molecule has 1 spiro atoms. The maximum atomic E-state index is 13.6. The molecule has 6 aliphatic rings. The molecule has 6 atom stereocenters. The highest BCUT2D eigenvalue weighted by atomic mass is 35.5. The fraction of sp³-hybridized carbons (Fsp3) is 0.675. The fourth-order valence-corrected chi connectivity index (χ4v) is 11.7. The normalized spacial score (nSPS) is 37.0. The van der Waals surface area contributed by atoms with E-state index < -0.39 is 21.2 Å². The average Bonchev–Trinajstić information content (AvgIpc) is 3.25. The van der Waals surface area contributed by atoms with Crippen molar-refractivity contribution < 1.29 is 32.5 Å². The number of halogens is 1. The maximum Gasteiger partial charge on any atom is 0.264 e. The second kappa shape index (κ2) is 14.0. The number of carbonyl (C=O) groups is 1. The Labute approximate surface area is 313 Å². The van der Waals surface area contributed by atoms with Gasteiger partial charge in [-0.1, -0.05) is 37.9 Å². The number of likely N-dealkylation sites (tertiary alicyclic amines) is 1. The molecule has 284 valence electrons. The summed E-state index contributed by atoms with van der Waals surface area (Å²) in [6.07, 6.45) is 6.90. The van der Waals surface area contributed by atoms with Crippen LogP contribution in [0.3, 0.4) is 0 Å². The lowest BCUT2D eigenvalue weighted by Crippen LogP contribution is -2.61. The lowest BCUT2D eigenvalue weighted by Gasteiger charge is -2.55. The van der Waals surface area contributed by atoms with Crippen LogP contribution >= 0.6 is 11.6 Å². The Morgan fingerprint density at radius 1 is 0.981 bits per heavy atom. The number of benzene rings is 2. The third-order valence-corrected chi connectivity index (χ3v) is 15.8. The number of aryl methyl sites for hydroxylation is 1. The van der Waals surface area contributed by atoms with Gasteiger partial charge in [-0.2, -0.15) is 0 Å². The van der Waals surface area contributed by atoms with E-state index >= 15 is 0 Å². The molecule has 2 N–H and O–H groups in total. The standard InChI is InChI=1S/C40H54ClN3O7S/c1-25-6-4-8-32(38-49-20-30(21-50-38)43-18-31(45)19-43)34-13-15-39(34,3)22-44-23-40(14-5-7-27-16-29(41)10-11-33(27)40)24-51-36-12-9-28(17-35(36)44)37(46)42-52(47,48)26(25)2/h9-12,16-17,25-26,30-32,34,38,45H,4-8,13-15,18-24H2,1-3H3,(H,42,46)/t25-,26+,30?,32+,34-,38?,39?,40-/m0/s1. The van der Waals surface area contributed by atoms with E-state index in [1.165, 1.54) is 11.1 Å². The van der Waals surface area contributed by atoms with Crippen molar-refractivity contribution in [2.75, 3.05) is 50.9 Å². The number of aliphatic hydroxyl groups is 1. The zero-order valence-electron chi connectivity index (χ0n) is 30.7. The Hall–Kier alpha value is -2.41. The molecule has 52 heavy (non-hydrogen) atoms. The molecule has 2 aromatic carbocycles. The zero-order chi connectivity index (χ0) is 36.4. The van der Waals surface area contributed by atoms with Crippen LogP contribution in [-0.4, -0.2) is 94.0 Å².